The maximum atomic E-state index is 12.5. The highest BCUT2D eigenvalue weighted by Gasteiger charge is 2.45. The number of aromatic nitrogens is 4. The van der Waals surface area contributed by atoms with Gasteiger partial charge in [0.05, 0.1) is 24.0 Å². The van der Waals surface area contributed by atoms with Crippen molar-refractivity contribution < 1.29 is 31.6 Å². The van der Waals surface area contributed by atoms with Crippen molar-refractivity contribution in [1.82, 2.24) is 20.0 Å². The van der Waals surface area contributed by atoms with E-state index in [2.05, 4.69) is 15.3 Å². The van der Waals surface area contributed by atoms with Crippen LogP contribution in [0.5, 0.6) is 11.5 Å². The van der Waals surface area contributed by atoms with Crippen LogP contribution in [0.3, 0.4) is 0 Å². The average molecular weight is 519 g/mol. The molecule has 0 N–H and O–H groups in total. The highest BCUT2D eigenvalue weighted by Crippen LogP contribution is 2.30. The molecule has 0 bridgehead atoms. The summed E-state index contributed by atoms with van der Waals surface area (Å²) in [7, 11) is 0. The molecule has 0 radical (unpaired) electrons. The molecule has 0 fully saturated rings. The van der Waals surface area contributed by atoms with Crippen LogP contribution >= 0.6 is 0 Å². The number of halogens is 3. The minimum Gasteiger partial charge on any atom is -0.604 e. The molecule has 0 spiro atoms. The number of hydrogen-bond donors (Lipinski definition) is 0. The molecule has 12 heteroatoms. The maximum absolute atomic E-state index is 12.5. The predicted octanol–water partition coefficient (Wildman–Crippen LogP) is 5.11. The first-order valence-corrected chi connectivity index (χ1v) is 11.9. The number of rotatable bonds is 11. The second-order valence-corrected chi connectivity index (χ2v) is 8.89. The van der Waals surface area contributed by atoms with Crippen molar-refractivity contribution in [2.45, 2.75) is 30.0 Å². The molecule has 2 heterocycles. The molecule has 1 unspecified atom stereocenters. The Labute approximate surface area is 207 Å². The first kappa shape index (κ1) is 25.3. The van der Waals surface area contributed by atoms with Crippen LogP contribution in [0.1, 0.15) is 23.6 Å². The van der Waals surface area contributed by atoms with Crippen LogP contribution in [0, 0.1) is 0 Å². The van der Waals surface area contributed by atoms with Gasteiger partial charge in [0.1, 0.15) is 30.1 Å². The fraction of sp³-hybridized carbons (Fsp3) is 0.208. The Morgan fingerprint density at radius 1 is 1.00 bits per heavy atom. The van der Waals surface area contributed by atoms with Crippen molar-refractivity contribution in [2.75, 3.05) is 6.61 Å². The first-order chi connectivity index (χ1) is 17.4. The Morgan fingerprint density at radius 3 is 2.39 bits per heavy atom. The van der Waals surface area contributed by atoms with E-state index in [4.69, 9.17) is 13.9 Å². The Balaban J connectivity index is 1.21. The van der Waals surface area contributed by atoms with Crippen LogP contribution in [-0.2, 0) is 24.3 Å². The summed E-state index contributed by atoms with van der Waals surface area (Å²) in [4.78, 5) is 3.99. The lowest BCUT2D eigenvalue weighted by molar-refractivity contribution is -0.0435. The number of hydrogen-bond acceptors (Lipinski definition) is 7. The molecule has 0 aliphatic carbocycles. The van der Waals surface area contributed by atoms with Gasteiger partial charge in [-0.05, 0) is 60.2 Å². The first-order valence-electron chi connectivity index (χ1n) is 10.8. The van der Waals surface area contributed by atoms with Gasteiger partial charge in [-0.15, -0.1) is 18.3 Å². The lowest BCUT2D eigenvalue weighted by Gasteiger charge is -2.11. The second-order valence-electron chi connectivity index (χ2n) is 7.42. The van der Waals surface area contributed by atoms with E-state index < -0.39 is 16.7 Å². The van der Waals surface area contributed by atoms with Crippen LogP contribution in [0.2, 0.25) is 0 Å². The van der Waals surface area contributed by atoms with Crippen molar-refractivity contribution in [2.24, 2.45) is 0 Å². The van der Waals surface area contributed by atoms with E-state index >= 15 is 0 Å². The molecule has 2 aromatic carbocycles. The molecule has 0 saturated heterocycles. The number of nitrogens with zero attached hydrogens (tertiary/aromatic N) is 4. The van der Waals surface area contributed by atoms with E-state index in [9.17, 15) is 17.7 Å². The maximum Gasteiger partial charge on any atom is 0.578 e. The third kappa shape index (κ3) is 7.36. The largest absolute Gasteiger partial charge is 0.604 e. The standard InChI is InChI=1S/C24H21F3N4O4S/c25-24(26,27)36(32)22-9-2-18(3-10-22)4-11-23-29-19(17-35-23)16-34-21-7-5-20(6-8-21)33-15-1-13-31-14-12-28-30-31/h2-12,14,17H,1,13,15-16H2. The minimum absolute atomic E-state index is 0.188. The lowest BCUT2D eigenvalue weighted by Crippen LogP contribution is -2.23. The van der Waals surface area contributed by atoms with Gasteiger partial charge in [-0.2, -0.15) is 0 Å². The number of oxazole rings is 1. The molecule has 188 valence electrons. The predicted molar refractivity (Wildman–Crippen MR) is 125 cm³/mol. The van der Waals surface area contributed by atoms with Gasteiger partial charge in [-0.1, -0.05) is 5.21 Å². The van der Waals surface area contributed by atoms with Crippen molar-refractivity contribution >= 4 is 23.3 Å². The fourth-order valence-electron chi connectivity index (χ4n) is 3.03. The summed E-state index contributed by atoms with van der Waals surface area (Å²) in [6, 6.07) is 12.4. The number of aryl methyl sites for hydroxylation is 1. The van der Waals surface area contributed by atoms with Gasteiger partial charge < -0.3 is 18.4 Å². The molecular weight excluding hydrogens is 497 g/mol. The zero-order valence-corrected chi connectivity index (χ0v) is 19.6. The van der Waals surface area contributed by atoms with Gasteiger partial charge in [0.2, 0.25) is 5.89 Å². The number of benzene rings is 2. The molecule has 36 heavy (non-hydrogen) atoms. The molecule has 4 rings (SSSR count). The Morgan fingerprint density at radius 2 is 1.72 bits per heavy atom. The van der Waals surface area contributed by atoms with Gasteiger partial charge in [0.15, 0.2) is 4.90 Å². The number of alkyl halides is 3. The third-order valence-corrected chi connectivity index (χ3v) is 5.90. The Kier molecular flexibility index (Phi) is 8.28. The number of ether oxygens (including phenoxy) is 2. The highest BCUT2D eigenvalue weighted by atomic mass is 32.2. The summed E-state index contributed by atoms with van der Waals surface area (Å²) in [6.45, 7) is 1.46. The highest BCUT2D eigenvalue weighted by molar-refractivity contribution is 7.92. The van der Waals surface area contributed by atoms with E-state index in [1.807, 2.05) is 12.1 Å². The SMILES string of the molecule is [O-][S+](c1ccc(C=Cc2nc(COc3ccc(OCCCn4ccnn4)cc3)co2)cc1)C(F)(F)F. The van der Waals surface area contributed by atoms with E-state index in [-0.39, 0.29) is 11.5 Å². The normalized spacial score (nSPS) is 12.7. The quantitative estimate of drug-likeness (QED) is 0.201. The Bertz CT molecular complexity index is 1240. The zero-order valence-electron chi connectivity index (χ0n) is 18.8. The Hall–Kier alpha value is -3.77. The van der Waals surface area contributed by atoms with Gasteiger partial charge in [-0.3, -0.25) is 4.68 Å². The minimum atomic E-state index is -4.79. The fourth-order valence-corrected chi connectivity index (χ4v) is 3.68. The molecule has 0 aliphatic heterocycles. The van der Waals surface area contributed by atoms with Crippen molar-refractivity contribution in [3.8, 4) is 11.5 Å². The van der Waals surface area contributed by atoms with E-state index in [0.717, 1.165) is 18.7 Å². The zero-order chi connectivity index (χ0) is 25.4. The summed E-state index contributed by atoms with van der Waals surface area (Å²) in [5.41, 5.74) is -3.61. The summed E-state index contributed by atoms with van der Waals surface area (Å²) in [6.07, 6.45) is 8.90. The van der Waals surface area contributed by atoms with E-state index in [0.29, 0.717) is 29.5 Å². The molecule has 0 amide bonds. The molecule has 2 aromatic heterocycles. The summed E-state index contributed by atoms with van der Waals surface area (Å²) in [5.74, 6) is 1.68. The molecule has 8 nitrogen and oxygen atoms in total. The summed E-state index contributed by atoms with van der Waals surface area (Å²) >= 11 is -3.05. The van der Waals surface area contributed by atoms with E-state index in [1.165, 1.54) is 30.5 Å². The molecule has 0 saturated carbocycles. The van der Waals surface area contributed by atoms with Crippen LogP contribution in [0.25, 0.3) is 12.2 Å². The average Bonchev–Trinajstić information content (AvgIpc) is 3.56. The monoisotopic (exact) mass is 518 g/mol. The molecule has 1 atom stereocenters. The second kappa shape index (κ2) is 11.8. The van der Waals surface area contributed by atoms with Gasteiger partial charge in [0.25, 0.3) is 0 Å². The van der Waals surface area contributed by atoms with E-state index in [1.54, 1.807) is 41.4 Å². The van der Waals surface area contributed by atoms with Crippen LogP contribution in [0.15, 0.2) is 76.5 Å². The topological polar surface area (TPSA) is 98.3 Å². The summed E-state index contributed by atoms with van der Waals surface area (Å²) in [5, 5.41) is 7.65. The van der Waals surface area contributed by atoms with Crippen molar-refractivity contribution in [1.29, 1.82) is 0 Å². The molecular formula is C24H21F3N4O4S. The third-order valence-electron chi connectivity index (χ3n) is 4.77. The van der Waals surface area contributed by atoms with Crippen LogP contribution in [-0.4, -0.2) is 36.6 Å². The van der Waals surface area contributed by atoms with Crippen LogP contribution in [0.4, 0.5) is 13.2 Å². The van der Waals surface area contributed by atoms with Crippen molar-refractivity contribution in [3.05, 3.63) is 84.3 Å². The van der Waals surface area contributed by atoms with Crippen LogP contribution < -0.4 is 9.47 Å². The summed E-state index contributed by atoms with van der Waals surface area (Å²) < 4.78 is 67.5. The smallest absolute Gasteiger partial charge is 0.578 e. The molecule has 4 aromatic rings. The molecule has 0 aliphatic rings. The van der Waals surface area contributed by atoms with Crippen molar-refractivity contribution in [3.63, 3.8) is 0 Å². The van der Waals surface area contributed by atoms with Gasteiger partial charge in [0, 0.05) is 25.2 Å². The van der Waals surface area contributed by atoms with Gasteiger partial charge in [-0.25, -0.2) is 4.98 Å². The van der Waals surface area contributed by atoms with Gasteiger partial charge >= 0.3 is 5.51 Å². The lowest BCUT2D eigenvalue weighted by atomic mass is 10.2.